The molecule has 5 nitrogen and oxygen atoms in total. The molecule has 1 rings (SSSR count). The minimum Gasteiger partial charge on any atom is -0.393 e. The number of aliphatic hydroxyl groups is 1. The molecule has 1 aromatic heterocycles. The van der Waals surface area contributed by atoms with Crippen LogP contribution in [0.2, 0.25) is 0 Å². The van der Waals surface area contributed by atoms with E-state index >= 15 is 0 Å². The molecule has 17 heavy (non-hydrogen) atoms. The van der Waals surface area contributed by atoms with Crippen molar-refractivity contribution in [1.29, 1.82) is 0 Å². The summed E-state index contributed by atoms with van der Waals surface area (Å²) in [4.78, 5) is 26.1. The van der Waals surface area contributed by atoms with Crippen molar-refractivity contribution in [2.24, 2.45) is 0 Å². The summed E-state index contributed by atoms with van der Waals surface area (Å²) in [6.07, 6.45) is 1.37. The number of carbonyl (C=O) groups is 1. The van der Waals surface area contributed by atoms with Crippen molar-refractivity contribution in [3.05, 3.63) is 33.7 Å². The van der Waals surface area contributed by atoms with Gasteiger partial charge in [0.25, 0.3) is 5.91 Å². The zero-order chi connectivity index (χ0) is 13.0. The number of aromatic amines is 1. The lowest BCUT2D eigenvalue weighted by Gasteiger charge is -2.15. The van der Waals surface area contributed by atoms with Crippen LogP contribution in [0.5, 0.6) is 0 Å². The summed E-state index contributed by atoms with van der Waals surface area (Å²) in [7, 11) is 0. The lowest BCUT2D eigenvalue weighted by Crippen LogP contribution is -2.37. The van der Waals surface area contributed by atoms with Gasteiger partial charge in [0.05, 0.1) is 6.10 Å². The van der Waals surface area contributed by atoms with E-state index in [0.717, 1.165) is 0 Å². The van der Waals surface area contributed by atoms with E-state index in [1.54, 1.807) is 20.8 Å². The second kappa shape index (κ2) is 5.63. The number of nitrogens with one attached hydrogen (secondary N) is 2. The molecule has 94 valence electrons. The van der Waals surface area contributed by atoms with Crippen LogP contribution in [0, 0.1) is 6.92 Å². The molecule has 1 heterocycles. The monoisotopic (exact) mass is 238 g/mol. The van der Waals surface area contributed by atoms with Crippen molar-refractivity contribution in [1.82, 2.24) is 10.3 Å². The molecule has 0 spiro atoms. The van der Waals surface area contributed by atoms with Gasteiger partial charge in [-0.15, -0.1) is 0 Å². The Bertz CT molecular complexity index is 451. The molecular weight excluding hydrogens is 220 g/mol. The Kier molecular flexibility index (Phi) is 4.45. The fourth-order valence-corrected chi connectivity index (χ4v) is 1.62. The normalized spacial score (nSPS) is 14.1. The summed E-state index contributed by atoms with van der Waals surface area (Å²) in [6, 6.07) is 1.21. The molecule has 0 aliphatic carbocycles. The largest absolute Gasteiger partial charge is 0.393 e. The van der Waals surface area contributed by atoms with Crippen LogP contribution >= 0.6 is 0 Å². The number of amides is 1. The maximum atomic E-state index is 11.8. The van der Waals surface area contributed by atoms with Gasteiger partial charge >= 0.3 is 0 Å². The zero-order valence-corrected chi connectivity index (χ0v) is 10.3. The fraction of sp³-hybridized carbons (Fsp3) is 0.500. The summed E-state index contributed by atoms with van der Waals surface area (Å²) >= 11 is 0. The molecule has 1 aromatic rings. The van der Waals surface area contributed by atoms with Crippen LogP contribution in [0.25, 0.3) is 0 Å². The van der Waals surface area contributed by atoms with Gasteiger partial charge in [0, 0.05) is 24.0 Å². The molecule has 0 saturated heterocycles. The van der Waals surface area contributed by atoms with Gasteiger partial charge in [-0.05, 0) is 27.2 Å². The number of rotatable bonds is 4. The van der Waals surface area contributed by atoms with Crippen molar-refractivity contribution >= 4 is 5.91 Å². The van der Waals surface area contributed by atoms with Crippen molar-refractivity contribution < 1.29 is 9.90 Å². The Morgan fingerprint density at radius 2 is 2.18 bits per heavy atom. The summed E-state index contributed by atoms with van der Waals surface area (Å²) in [6.45, 7) is 5.19. The Labute approximate surface area is 99.9 Å². The van der Waals surface area contributed by atoms with Crippen molar-refractivity contribution in [3.63, 3.8) is 0 Å². The molecule has 5 heteroatoms. The van der Waals surface area contributed by atoms with E-state index in [1.807, 2.05) is 0 Å². The van der Waals surface area contributed by atoms with Crippen LogP contribution in [-0.4, -0.2) is 28.1 Å². The fourth-order valence-electron chi connectivity index (χ4n) is 1.62. The first-order valence-corrected chi connectivity index (χ1v) is 5.58. The predicted molar refractivity (Wildman–Crippen MR) is 65.0 cm³/mol. The standard InChI is InChI=1S/C12H18N2O3/c1-7-5-11(16)10(6-13-7)12(17)14-8(2)4-9(3)15/h5-6,8-9,15H,4H2,1-3H3,(H,13,16)(H,14,17). The minimum atomic E-state index is -0.485. The average molecular weight is 238 g/mol. The highest BCUT2D eigenvalue weighted by Gasteiger charge is 2.14. The molecule has 2 atom stereocenters. The van der Waals surface area contributed by atoms with Crippen molar-refractivity contribution in [2.45, 2.75) is 39.3 Å². The van der Waals surface area contributed by atoms with Crippen LogP contribution in [0.1, 0.15) is 36.3 Å². The second-order valence-corrected chi connectivity index (χ2v) is 4.35. The maximum Gasteiger partial charge on any atom is 0.256 e. The molecule has 0 aliphatic heterocycles. The van der Waals surface area contributed by atoms with Crippen LogP contribution in [-0.2, 0) is 0 Å². The highest BCUT2D eigenvalue weighted by molar-refractivity contribution is 5.93. The summed E-state index contributed by atoms with van der Waals surface area (Å²) in [5, 5.41) is 11.8. The summed E-state index contributed by atoms with van der Waals surface area (Å²) in [5.41, 5.74) is 0.500. The summed E-state index contributed by atoms with van der Waals surface area (Å²) < 4.78 is 0. The van der Waals surface area contributed by atoms with Gasteiger partial charge in [-0.25, -0.2) is 0 Å². The molecule has 0 radical (unpaired) electrons. The molecule has 0 saturated carbocycles. The van der Waals surface area contributed by atoms with Gasteiger partial charge < -0.3 is 15.4 Å². The summed E-state index contributed by atoms with van der Waals surface area (Å²) in [5.74, 6) is -0.417. The third kappa shape index (κ3) is 4.03. The van der Waals surface area contributed by atoms with Gasteiger partial charge in [-0.1, -0.05) is 0 Å². The lowest BCUT2D eigenvalue weighted by atomic mass is 10.1. The lowest BCUT2D eigenvalue weighted by molar-refractivity contribution is 0.0921. The zero-order valence-electron chi connectivity index (χ0n) is 10.3. The van der Waals surface area contributed by atoms with Gasteiger partial charge in [-0.2, -0.15) is 0 Å². The number of hydrogen-bond donors (Lipinski definition) is 3. The van der Waals surface area contributed by atoms with Gasteiger partial charge in [0.1, 0.15) is 5.56 Å². The number of aliphatic hydroxyl groups excluding tert-OH is 1. The Morgan fingerprint density at radius 3 is 2.71 bits per heavy atom. The third-order valence-electron chi connectivity index (χ3n) is 2.37. The molecule has 2 unspecified atom stereocenters. The Hall–Kier alpha value is -1.62. The number of H-pyrrole nitrogens is 1. The van der Waals surface area contributed by atoms with Crippen LogP contribution in [0.15, 0.2) is 17.1 Å². The van der Waals surface area contributed by atoms with E-state index in [-0.39, 0.29) is 17.0 Å². The average Bonchev–Trinajstić information content (AvgIpc) is 2.15. The first-order chi connectivity index (χ1) is 7.90. The number of carbonyl (C=O) groups excluding carboxylic acids is 1. The van der Waals surface area contributed by atoms with Gasteiger partial charge in [0.2, 0.25) is 0 Å². The smallest absolute Gasteiger partial charge is 0.256 e. The topological polar surface area (TPSA) is 82.2 Å². The van der Waals surface area contributed by atoms with E-state index in [0.29, 0.717) is 12.1 Å². The number of pyridine rings is 1. The number of aryl methyl sites for hydroxylation is 1. The van der Waals surface area contributed by atoms with Crippen molar-refractivity contribution in [3.8, 4) is 0 Å². The minimum absolute atomic E-state index is 0.0908. The highest BCUT2D eigenvalue weighted by Crippen LogP contribution is 1.99. The first-order valence-electron chi connectivity index (χ1n) is 5.58. The Morgan fingerprint density at radius 1 is 1.53 bits per heavy atom. The third-order valence-corrected chi connectivity index (χ3v) is 2.37. The van der Waals surface area contributed by atoms with Crippen LogP contribution in [0.4, 0.5) is 0 Å². The van der Waals surface area contributed by atoms with E-state index in [2.05, 4.69) is 10.3 Å². The molecule has 0 aromatic carbocycles. The van der Waals surface area contributed by atoms with E-state index < -0.39 is 12.0 Å². The molecular formula is C12H18N2O3. The molecule has 0 bridgehead atoms. The molecule has 0 fully saturated rings. The highest BCUT2D eigenvalue weighted by atomic mass is 16.3. The SMILES string of the molecule is Cc1cc(=O)c(C(=O)NC(C)CC(C)O)c[nH]1. The first kappa shape index (κ1) is 13.4. The van der Waals surface area contributed by atoms with Gasteiger partial charge in [0.15, 0.2) is 5.43 Å². The molecule has 3 N–H and O–H groups in total. The molecule has 0 aliphatic rings. The van der Waals surface area contributed by atoms with E-state index in [4.69, 9.17) is 0 Å². The Balaban J connectivity index is 2.73. The maximum absolute atomic E-state index is 11.8. The van der Waals surface area contributed by atoms with Crippen LogP contribution < -0.4 is 10.7 Å². The van der Waals surface area contributed by atoms with Crippen molar-refractivity contribution in [2.75, 3.05) is 0 Å². The molecule has 1 amide bonds. The van der Waals surface area contributed by atoms with E-state index in [9.17, 15) is 14.7 Å². The second-order valence-electron chi connectivity index (χ2n) is 4.35. The number of hydrogen-bond acceptors (Lipinski definition) is 3. The van der Waals surface area contributed by atoms with E-state index in [1.165, 1.54) is 12.3 Å². The predicted octanol–water partition coefficient (Wildman–Crippen LogP) is 0.573. The number of aromatic nitrogens is 1. The van der Waals surface area contributed by atoms with Gasteiger partial charge in [-0.3, -0.25) is 9.59 Å². The quantitative estimate of drug-likeness (QED) is 0.717. The van der Waals surface area contributed by atoms with Crippen LogP contribution in [0.3, 0.4) is 0 Å².